The van der Waals surface area contributed by atoms with Crippen LogP contribution in [0.1, 0.15) is 36.8 Å². The summed E-state index contributed by atoms with van der Waals surface area (Å²) in [4.78, 5) is 11.6. The third kappa shape index (κ3) is 3.74. The molecule has 98 valence electrons. The monoisotopic (exact) mass is 248 g/mol. The second kappa shape index (κ2) is 6.40. The summed E-state index contributed by atoms with van der Waals surface area (Å²) in [5.74, 6) is 0. The van der Waals surface area contributed by atoms with Gasteiger partial charge in [0.15, 0.2) is 0 Å². The Kier molecular flexibility index (Phi) is 4.59. The van der Waals surface area contributed by atoms with Crippen LogP contribution in [0.5, 0.6) is 0 Å². The lowest BCUT2D eigenvalue weighted by Crippen LogP contribution is -2.40. The number of rotatable bonds is 4. The molecule has 0 saturated heterocycles. The molecule has 2 rings (SSSR count). The van der Waals surface area contributed by atoms with Gasteiger partial charge in [-0.2, -0.15) is 0 Å². The zero-order valence-corrected chi connectivity index (χ0v) is 10.5. The van der Waals surface area contributed by atoms with Crippen LogP contribution in [0.15, 0.2) is 24.3 Å². The summed E-state index contributed by atoms with van der Waals surface area (Å²) in [7, 11) is 0. The molecule has 0 spiro atoms. The normalized spacial score (nSPS) is 15.6. The van der Waals surface area contributed by atoms with Crippen molar-refractivity contribution >= 4 is 6.03 Å². The van der Waals surface area contributed by atoms with Crippen LogP contribution in [0.4, 0.5) is 4.79 Å². The molecule has 0 bridgehead atoms. The van der Waals surface area contributed by atoms with Crippen molar-refractivity contribution in [1.29, 1.82) is 0 Å². The maximum atomic E-state index is 11.6. The van der Waals surface area contributed by atoms with Crippen molar-refractivity contribution in [3.05, 3.63) is 35.4 Å². The molecule has 0 heterocycles. The highest BCUT2D eigenvalue weighted by Gasteiger charge is 2.16. The first-order valence-electron chi connectivity index (χ1n) is 6.51. The molecule has 1 saturated carbocycles. The van der Waals surface area contributed by atoms with E-state index in [4.69, 9.17) is 5.11 Å². The molecule has 0 atom stereocenters. The number of hydrogen-bond acceptors (Lipinski definition) is 2. The Hall–Kier alpha value is -1.55. The van der Waals surface area contributed by atoms with E-state index in [0.717, 1.165) is 24.0 Å². The Balaban J connectivity index is 1.74. The van der Waals surface area contributed by atoms with Crippen LogP contribution in [-0.4, -0.2) is 17.2 Å². The Morgan fingerprint density at radius 2 is 1.78 bits per heavy atom. The van der Waals surface area contributed by atoms with Gasteiger partial charge >= 0.3 is 6.03 Å². The number of aliphatic hydroxyl groups is 1. The number of aliphatic hydroxyl groups excluding tert-OH is 1. The van der Waals surface area contributed by atoms with E-state index in [2.05, 4.69) is 10.6 Å². The van der Waals surface area contributed by atoms with Gasteiger partial charge in [0.25, 0.3) is 0 Å². The van der Waals surface area contributed by atoms with E-state index in [-0.39, 0.29) is 12.6 Å². The Morgan fingerprint density at radius 3 is 2.39 bits per heavy atom. The van der Waals surface area contributed by atoms with Gasteiger partial charge in [-0.05, 0) is 24.0 Å². The number of hydrogen-bond donors (Lipinski definition) is 3. The van der Waals surface area contributed by atoms with Crippen LogP contribution in [-0.2, 0) is 13.2 Å². The van der Waals surface area contributed by atoms with E-state index in [1.807, 2.05) is 24.3 Å². The van der Waals surface area contributed by atoms with E-state index in [1.54, 1.807) is 0 Å². The smallest absolute Gasteiger partial charge is 0.315 e. The van der Waals surface area contributed by atoms with Gasteiger partial charge in [0.1, 0.15) is 0 Å². The van der Waals surface area contributed by atoms with E-state index >= 15 is 0 Å². The van der Waals surface area contributed by atoms with Gasteiger partial charge in [-0.1, -0.05) is 37.1 Å². The molecule has 0 aromatic heterocycles. The number of carbonyl (C=O) groups is 1. The van der Waals surface area contributed by atoms with Crippen molar-refractivity contribution in [1.82, 2.24) is 10.6 Å². The van der Waals surface area contributed by atoms with Crippen LogP contribution in [0, 0.1) is 0 Å². The molecule has 1 aromatic rings. The van der Waals surface area contributed by atoms with E-state index < -0.39 is 0 Å². The number of urea groups is 1. The predicted octanol–water partition coefficient (Wildman–Crippen LogP) is 1.92. The van der Waals surface area contributed by atoms with Crippen molar-refractivity contribution in [3.63, 3.8) is 0 Å². The molecule has 4 heteroatoms. The summed E-state index contributed by atoms with van der Waals surface area (Å²) in [5, 5.41) is 14.8. The summed E-state index contributed by atoms with van der Waals surface area (Å²) >= 11 is 0. The molecule has 2 amide bonds. The third-order valence-corrected chi connectivity index (χ3v) is 3.35. The second-order valence-electron chi connectivity index (χ2n) is 4.78. The maximum absolute atomic E-state index is 11.6. The SMILES string of the molecule is O=C(NCc1ccc(CO)cc1)NC1CCCC1. The minimum Gasteiger partial charge on any atom is -0.392 e. The summed E-state index contributed by atoms with van der Waals surface area (Å²) in [6.45, 7) is 0.570. The van der Waals surface area contributed by atoms with Crippen LogP contribution in [0.3, 0.4) is 0 Å². The number of amides is 2. The minimum absolute atomic E-state index is 0.0515. The molecule has 0 aliphatic heterocycles. The van der Waals surface area contributed by atoms with Crippen LogP contribution in [0.25, 0.3) is 0 Å². The van der Waals surface area contributed by atoms with Gasteiger partial charge in [-0.15, -0.1) is 0 Å². The van der Waals surface area contributed by atoms with Crippen molar-refractivity contribution < 1.29 is 9.90 Å². The summed E-state index contributed by atoms with van der Waals surface area (Å²) < 4.78 is 0. The molecule has 0 radical (unpaired) electrons. The van der Waals surface area contributed by atoms with E-state index in [0.29, 0.717) is 12.6 Å². The highest BCUT2D eigenvalue weighted by atomic mass is 16.3. The van der Waals surface area contributed by atoms with Gasteiger partial charge in [-0.25, -0.2) is 4.79 Å². The van der Waals surface area contributed by atoms with Gasteiger partial charge in [0.05, 0.1) is 6.61 Å². The Labute approximate surface area is 107 Å². The quantitative estimate of drug-likeness (QED) is 0.762. The molecule has 0 unspecified atom stereocenters. The molecular formula is C14H20N2O2. The van der Waals surface area contributed by atoms with E-state index in [9.17, 15) is 4.79 Å². The third-order valence-electron chi connectivity index (χ3n) is 3.35. The van der Waals surface area contributed by atoms with Crippen molar-refractivity contribution in [2.24, 2.45) is 0 Å². The van der Waals surface area contributed by atoms with Gasteiger partial charge in [-0.3, -0.25) is 0 Å². The number of carbonyl (C=O) groups excluding carboxylic acids is 1. The summed E-state index contributed by atoms with van der Waals surface area (Å²) in [6, 6.07) is 7.83. The molecule has 1 aliphatic carbocycles. The first-order chi connectivity index (χ1) is 8.78. The van der Waals surface area contributed by atoms with Crippen LogP contribution >= 0.6 is 0 Å². The average Bonchev–Trinajstić information content (AvgIpc) is 2.90. The molecule has 1 aromatic carbocycles. The molecule has 1 fully saturated rings. The standard InChI is InChI=1S/C14H20N2O2/c17-10-12-7-5-11(6-8-12)9-15-14(18)16-13-3-1-2-4-13/h5-8,13,17H,1-4,9-10H2,(H2,15,16,18). The highest BCUT2D eigenvalue weighted by molar-refractivity contribution is 5.74. The lowest BCUT2D eigenvalue weighted by molar-refractivity contribution is 0.236. The largest absolute Gasteiger partial charge is 0.392 e. The average molecular weight is 248 g/mol. The first-order valence-corrected chi connectivity index (χ1v) is 6.51. The zero-order chi connectivity index (χ0) is 12.8. The lowest BCUT2D eigenvalue weighted by Gasteiger charge is -2.13. The lowest BCUT2D eigenvalue weighted by atomic mass is 10.1. The number of benzene rings is 1. The zero-order valence-electron chi connectivity index (χ0n) is 10.5. The minimum atomic E-state index is -0.0897. The van der Waals surface area contributed by atoms with Crippen LogP contribution in [0.2, 0.25) is 0 Å². The highest BCUT2D eigenvalue weighted by Crippen LogP contribution is 2.17. The fourth-order valence-electron chi connectivity index (χ4n) is 2.25. The summed E-state index contributed by atoms with van der Waals surface area (Å²) in [6.07, 6.45) is 4.62. The second-order valence-corrected chi connectivity index (χ2v) is 4.78. The van der Waals surface area contributed by atoms with Crippen molar-refractivity contribution in [2.45, 2.75) is 44.9 Å². The number of nitrogens with one attached hydrogen (secondary N) is 2. The molecule has 18 heavy (non-hydrogen) atoms. The molecule has 1 aliphatic rings. The Bertz CT molecular complexity index is 383. The predicted molar refractivity (Wildman–Crippen MR) is 70.0 cm³/mol. The van der Waals surface area contributed by atoms with Crippen molar-refractivity contribution in [3.8, 4) is 0 Å². The first kappa shape index (κ1) is 12.9. The van der Waals surface area contributed by atoms with Crippen LogP contribution < -0.4 is 10.6 Å². The maximum Gasteiger partial charge on any atom is 0.315 e. The van der Waals surface area contributed by atoms with Crippen molar-refractivity contribution in [2.75, 3.05) is 0 Å². The van der Waals surface area contributed by atoms with Gasteiger partial charge < -0.3 is 15.7 Å². The fourth-order valence-corrected chi connectivity index (χ4v) is 2.25. The van der Waals surface area contributed by atoms with Gasteiger partial charge in [0, 0.05) is 12.6 Å². The molecule has 3 N–H and O–H groups in total. The topological polar surface area (TPSA) is 61.4 Å². The summed E-state index contributed by atoms with van der Waals surface area (Å²) in [5.41, 5.74) is 1.92. The Morgan fingerprint density at radius 1 is 1.17 bits per heavy atom. The fraction of sp³-hybridized carbons (Fsp3) is 0.500. The molecule has 4 nitrogen and oxygen atoms in total. The van der Waals surface area contributed by atoms with Gasteiger partial charge in [0.2, 0.25) is 0 Å². The molecular weight excluding hydrogens is 228 g/mol. The van der Waals surface area contributed by atoms with E-state index in [1.165, 1.54) is 12.8 Å².